The molecule has 6 heteroatoms. The van der Waals surface area contributed by atoms with Crippen LogP contribution in [0, 0.1) is 13.8 Å². The predicted molar refractivity (Wildman–Crippen MR) is 88.6 cm³/mol. The summed E-state index contributed by atoms with van der Waals surface area (Å²) in [5, 5.41) is 7.37. The van der Waals surface area contributed by atoms with Gasteiger partial charge in [0.15, 0.2) is 0 Å². The smallest absolute Gasteiger partial charge is 0.257 e. The van der Waals surface area contributed by atoms with Crippen LogP contribution in [0.2, 0.25) is 0 Å². The summed E-state index contributed by atoms with van der Waals surface area (Å²) >= 11 is 3.35. The Labute approximate surface area is 132 Å². The Morgan fingerprint density at radius 2 is 2.05 bits per heavy atom. The molecule has 1 amide bonds. The summed E-state index contributed by atoms with van der Waals surface area (Å²) in [7, 11) is 0. The second-order valence-corrected chi connectivity index (χ2v) is 6.19. The molecule has 3 N–H and O–H groups in total. The van der Waals surface area contributed by atoms with Gasteiger partial charge in [-0.15, -0.1) is 0 Å². The number of carbonyl (C=O) groups excluding carboxylic acids is 1. The minimum absolute atomic E-state index is 0.233. The lowest BCUT2D eigenvalue weighted by molar-refractivity contribution is 0.102. The van der Waals surface area contributed by atoms with Crippen molar-refractivity contribution in [3.63, 3.8) is 0 Å². The third kappa shape index (κ3) is 3.10. The number of rotatable bonds is 3. The molecule has 1 aromatic carbocycles. The van der Waals surface area contributed by atoms with E-state index in [1.54, 1.807) is 18.2 Å². The number of hydrogen-bond donors (Lipinski definition) is 2. The topological polar surface area (TPSA) is 72.9 Å². The Morgan fingerprint density at radius 1 is 1.38 bits per heavy atom. The molecule has 0 saturated carbocycles. The summed E-state index contributed by atoms with van der Waals surface area (Å²) in [6, 6.07) is 5.46. The monoisotopic (exact) mass is 350 g/mol. The minimum atomic E-state index is -0.233. The van der Waals surface area contributed by atoms with Crippen molar-refractivity contribution in [3.8, 4) is 0 Å². The molecule has 0 bridgehead atoms. The number of hydrogen-bond acceptors (Lipinski definition) is 3. The van der Waals surface area contributed by atoms with Crippen LogP contribution in [0.25, 0.3) is 0 Å². The number of nitrogens with one attached hydrogen (secondary N) is 1. The number of carbonyl (C=O) groups is 1. The van der Waals surface area contributed by atoms with E-state index in [1.165, 1.54) is 0 Å². The number of aryl methyl sites for hydroxylation is 1. The Bertz CT molecular complexity index is 691. The van der Waals surface area contributed by atoms with E-state index in [0.29, 0.717) is 11.3 Å². The van der Waals surface area contributed by atoms with Gasteiger partial charge in [0.2, 0.25) is 0 Å². The summed E-state index contributed by atoms with van der Waals surface area (Å²) in [5.74, 6) is -0.233. The molecule has 1 heterocycles. The molecular formula is C15H19BrN4O. The number of nitrogens with two attached hydrogens (primary N) is 1. The largest absolute Gasteiger partial charge is 0.398 e. The van der Waals surface area contributed by atoms with Gasteiger partial charge in [-0.1, -0.05) is 15.9 Å². The first kappa shape index (κ1) is 15.6. The van der Waals surface area contributed by atoms with E-state index in [4.69, 9.17) is 5.73 Å². The van der Waals surface area contributed by atoms with E-state index in [9.17, 15) is 4.79 Å². The van der Waals surface area contributed by atoms with E-state index < -0.39 is 0 Å². The van der Waals surface area contributed by atoms with Crippen LogP contribution in [-0.2, 0) is 0 Å². The van der Waals surface area contributed by atoms with Crippen LogP contribution in [-0.4, -0.2) is 15.7 Å². The normalized spacial score (nSPS) is 11.0. The Hall–Kier alpha value is -1.82. The number of benzene rings is 1. The molecule has 21 heavy (non-hydrogen) atoms. The molecule has 0 spiro atoms. The lowest BCUT2D eigenvalue weighted by Crippen LogP contribution is -2.15. The highest BCUT2D eigenvalue weighted by molar-refractivity contribution is 9.10. The van der Waals surface area contributed by atoms with Crippen molar-refractivity contribution in [1.29, 1.82) is 0 Å². The summed E-state index contributed by atoms with van der Waals surface area (Å²) < 4.78 is 2.71. The van der Waals surface area contributed by atoms with E-state index in [1.807, 2.05) is 18.5 Å². The van der Waals surface area contributed by atoms with Gasteiger partial charge in [0.05, 0.1) is 22.6 Å². The van der Waals surface area contributed by atoms with Gasteiger partial charge in [0.25, 0.3) is 5.91 Å². The fourth-order valence-electron chi connectivity index (χ4n) is 2.25. The maximum atomic E-state index is 12.4. The van der Waals surface area contributed by atoms with E-state index in [2.05, 4.69) is 40.2 Å². The SMILES string of the molecule is Cc1nn(C(C)C)c(C)c1NC(=O)c1cc(Br)ccc1N. The molecule has 1 aromatic heterocycles. The highest BCUT2D eigenvalue weighted by Gasteiger charge is 2.17. The Kier molecular flexibility index (Phi) is 4.37. The first-order valence-electron chi connectivity index (χ1n) is 6.73. The number of nitrogens with zero attached hydrogens (tertiary/aromatic N) is 2. The Balaban J connectivity index is 2.34. The maximum Gasteiger partial charge on any atom is 0.257 e. The van der Waals surface area contributed by atoms with Gasteiger partial charge in [0.1, 0.15) is 0 Å². The first-order chi connectivity index (χ1) is 9.81. The number of anilines is 2. The lowest BCUT2D eigenvalue weighted by atomic mass is 10.1. The quantitative estimate of drug-likeness (QED) is 0.829. The van der Waals surface area contributed by atoms with Crippen LogP contribution >= 0.6 is 15.9 Å². The number of halogens is 1. The number of aromatic nitrogens is 2. The van der Waals surface area contributed by atoms with Gasteiger partial charge in [-0.05, 0) is 45.9 Å². The molecule has 0 unspecified atom stereocenters. The molecule has 0 fully saturated rings. The second kappa shape index (κ2) is 5.89. The molecule has 0 aliphatic heterocycles. The average molecular weight is 351 g/mol. The first-order valence-corrected chi connectivity index (χ1v) is 7.52. The van der Waals surface area contributed by atoms with Crippen LogP contribution in [0.15, 0.2) is 22.7 Å². The van der Waals surface area contributed by atoms with Crippen LogP contribution in [0.1, 0.15) is 41.6 Å². The fourth-order valence-corrected chi connectivity index (χ4v) is 2.61. The molecule has 112 valence electrons. The van der Waals surface area contributed by atoms with Crippen molar-refractivity contribution in [2.45, 2.75) is 33.7 Å². The van der Waals surface area contributed by atoms with Crippen molar-refractivity contribution < 1.29 is 4.79 Å². The maximum absolute atomic E-state index is 12.4. The molecule has 0 atom stereocenters. The average Bonchev–Trinajstić information content (AvgIpc) is 2.69. The van der Waals surface area contributed by atoms with Crippen LogP contribution < -0.4 is 11.1 Å². The van der Waals surface area contributed by atoms with Crippen molar-refractivity contribution in [1.82, 2.24) is 9.78 Å². The fraction of sp³-hybridized carbons (Fsp3) is 0.333. The molecular weight excluding hydrogens is 332 g/mol. The number of nitrogen functional groups attached to an aromatic ring is 1. The third-order valence-electron chi connectivity index (χ3n) is 3.31. The van der Waals surface area contributed by atoms with Gasteiger partial charge < -0.3 is 11.1 Å². The molecule has 2 aromatic rings. The lowest BCUT2D eigenvalue weighted by Gasteiger charge is -2.10. The molecule has 0 aliphatic carbocycles. The highest BCUT2D eigenvalue weighted by atomic mass is 79.9. The van der Waals surface area contributed by atoms with Crippen molar-refractivity contribution >= 4 is 33.2 Å². The number of amides is 1. The van der Waals surface area contributed by atoms with Crippen LogP contribution in [0.3, 0.4) is 0 Å². The predicted octanol–water partition coefficient (Wildman–Crippen LogP) is 3.68. The summed E-state index contributed by atoms with van der Waals surface area (Å²) in [5.41, 5.74) is 9.24. The van der Waals surface area contributed by atoms with Gasteiger partial charge >= 0.3 is 0 Å². The van der Waals surface area contributed by atoms with E-state index in [-0.39, 0.29) is 11.9 Å². The highest BCUT2D eigenvalue weighted by Crippen LogP contribution is 2.25. The van der Waals surface area contributed by atoms with Crippen LogP contribution in [0.4, 0.5) is 11.4 Å². The minimum Gasteiger partial charge on any atom is -0.398 e. The van der Waals surface area contributed by atoms with Gasteiger partial charge in [-0.2, -0.15) is 5.10 Å². The van der Waals surface area contributed by atoms with Crippen molar-refractivity contribution in [2.24, 2.45) is 0 Å². The van der Waals surface area contributed by atoms with Crippen molar-refractivity contribution in [3.05, 3.63) is 39.6 Å². The molecule has 0 radical (unpaired) electrons. The second-order valence-electron chi connectivity index (χ2n) is 5.27. The van der Waals surface area contributed by atoms with E-state index in [0.717, 1.165) is 21.5 Å². The molecule has 2 rings (SSSR count). The molecule has 0 saturated heterocycles. The summed E-state index contributed by atoms with van der Waals surface area (Å²) in [6.07, 6.45) is 0. The summed E-state index contributed by atoms with van der Waals surface area (Å²) in [6.45, 7) is 7.93. The van der Waals surface area contributed by atoms with Crippen molar-refractivity contribution in [2.75, 3.05) is 11.1 Å². The van der Waals surface area contributed by atoms with Gasteiger partial charge in [-0.25, -0.2) is 0 Å². The zero-order chi connectivity index (χ0) is 15.7. The van der Waals surface area contributed by atoms with Gasteiger partial charge in [-0.3, -0.25) is 9.48 Å². The van der Waals surface area contributed by atoms with Gasteiger partial charge in [0, 0.05) is 16.2 Å². The standard InChI is InChI=1S/C15H19BrN4O/c1-8(2)20-10(4)14(9(3)19-20)18-15(21)12-7-11(16)5-6-13(12)17/h5-8H,17H2,1-4H3,(H,18,21). The summed E-state index contributed by atoms with van der Waals surface area (Å²) in [4.78, 5) is 12.4. The molecule has 5 nitrogen and oxygen atoms in total. The zero-order valence-electron chi connectivity index (χ0n) is 12.6. The van der Waals surface area contributed by atoms with Crippen LogP contribution in [0.5, 0.6) is 0 Å². The molecule has 0 aliphatic rings. The third-order valence-corrected chi connectivity index (χ3v) is 3.81. The Morgan fingerprint density at radius 3 is 2.62 bits per heavy atom. The zero-order valence-corrected chi connectivity index (χ0v) is 14.2. The van der Waals surface area contributed by atoms with E-state index >= 15 is 0 Å².